The molecule has 108 valence electrons. The van der Waals surface area contributed by atoms with E-state index < -0.39 is 17.8 Å². The highest BCUT2D eigenvalue weighted by molar-refractivity contribution is 5.94. The Balaban J connectivity index is 1.71. The van der Waals surface area contributed by atoms with Crippen molar-refractivity contribution in [2.45, 2.75) is 25.3 Å². The predicted molar refractivity (Wildman–Crippen MR) is 67.9 cm³/mol. The number of carbonyl (C=O) groups is 3. The van der Waals surface area contributed by atoms with Crippen molar-refractivity contribution >= 4 is 17.8 Å². The monoisotopic (exact) mass is 280 g/mol. The van der Waals surface area contributed by atoms with E-state index in [1.807, 2.05) is 0 Å². The molecule has 0 radical (unpaired) electrons. The van der Waals surface area contributed by atoms with E-state index in [1.165, 1.54) is 12.3 Å². The summed E-state index contributed by atoms with van der Waals surface area (Å²) in [4.78, 5) is 34.0. The zero-order valence-corrected chi connectivity index (χ0v) is 10.8. The number of aliphatic carboxylic acids is 1. The van der Waals surface area contributed by atoms with Crippen LogP contribution >= 0.6 is 0 Å². The van der Waals surface area contributed by atoms with Gasteiger partial charge >= 0.3 is 5.97 Å². The molecule has 0 bridgehead atoms. The highest BCUT2D eigenvalue weighted by atomic mass is 16.4. The maximum Gasteiger partial charge on any atom is 0.306 e. The second-order valence-corrected chi connectivity index (χ2v) is 4.77. The summed E-state index contributed by atoms with van der Waals surface area (Å²) in [6.45, 7) is -0.159. The zero-order valence-electron chi connectivity index (χ0n) is 10.8. The summed E-state index contributed by atoms with van der Waals surface area (Å²) in [7, 11) is 0. The second kappa shape index (κ2) is 6.23. The SMILES string of the molecule is O=C(CNC(=O)c1ccco1)N[C@H]1CC[C@@H](C(=O)O)C1. The number of nitrogens with one attached hydrogen (secondary N) is 2. The fourth-order valence-electron chi connectivity index (χ4n) is 2.27. The Morgan fingerprint density at radius 1 is 1.35 bits per heavy atom. The van der Waals surface area contributed by atoms with Crippen LogP contribution in [-0.4, -0.2) is 35.5 Å². The van der Waals surface area contributed by atoms with Crippen LogP contribution in [0.2, 0.25) is 0 Å². The number of carboxylic acids is 1. The van der Waals surface area contributed by atoms with E-state index >= 15 is 0 Å². The number of carbonyl (C=O) groups excluding carboxylic acids is 2. The van der Waals surface area contributed by atoms with Gasteiger partial charge < -0.3 is 20.2 Å². The Kier molecular flexibility index (Phi) is 4.39. The van der Waals surface area contributed by atoms with Gasteiger partial charge in [-0.15, -0.1) is 0 Å². The van der Waals surface area contributed by atoms with Gasteiger partial charge in [-0.3, -0.25) is 14.4 Å². The minimum Gasteiger partial charge on any atom is -0.481 e. The molecule has 0 aromatic carbocycles. The van der Waals surface area contributed by atoms with E-state index in [2.05, 4.69) is 10.6 Å². The maximum atomic E-state index is 11.6. The number of hydrogen-bond donors (Lipinski definition) is 3. The molecule has 2 amide bonds. The molecule has 1 heterocycles. The van der Waals surface area contributed by atoms with Gasteiger partial charge in [-0.1, -0.05) is 0 Å². The first-order chi connectivity index (χ1) is 9.56. The van der Waals surface area contributed by atoms with Gasteiger partial charge in [0.15, 0.2) is 5.76 Å². The molecule has 1 aromatic heterocycles. The van der Waals surface area contributed by atoms with Crippen LogP contribution in [0, 0.1) is 5.92 Å². The van der Waals surface area contributed by atoms with Gasteiger partial charge in [0, 0.05) is 6.04 Å². The molecule has 0 aliphatic heterocycles. The van der Waals surface area contributed by atoms with Crippen LogP contribution in [-0.2, 0) is 9.59 Å². The van der Waals surface area contributed by atoms with Crippen LogP contribution in [0.15, 0.2) is 22.8 Å². The van der Waals surface area contributed by atoms with Gasteiger partial charge in [-0.25, -0.2) is 0 Å². The summed E-state index contributed by atoms with van der Waals surface area (Å²) >= 11 is 0. The largest absolute Gasteiger partial charge is 0.481 e. The molecule has 2 rings (SSSR count). The second-order valence-electron chi connectivity index (χ2n) is 4.77. The molecule has 20 heavy (non-hydrogen) atoms. The molecular weight excluding hydrogens is 264 g/mol. The van der Waals surface area contributed by atoms with Crippen LogP contribution in [0.25, 0.3) is 0 Å². The highest BCUT2D eigenvalue weighted by Crippen LogP contribution is 2.25. The fourth-order valence-corrected chi connectivity index (χ4v) is 2.27. The van der Waals surface area contributed by atoms with E-state index in [0.717, 1.165) is 0 Å². The first-order valence-electron chi connectivity index (χ1n) is 6.40. The summed E-state index contributed by atoms with van der Waals surface area (Å²) in [5.74, 6) is -1.86. The van der Waals surface area contributed by atoms with E-state index in [4.69, 9.17) is 9.52 Å². The first kappa shape index (κ1) is 14.1. The third kappa shape index (κ3) is 3.59. The molecule has 1 aromatic rings. The first-order valence-corrected chi connectivity index (χ1v) is 6.40. The Bertz CT molecular complexity index is 497. The summed E-state index contributed by atoms with van der Waals surface area (Å²) in [5, 5.41) is 14.0. The summed E-state index contributed by atoms with van der Waals surface area (Å²) < 4.78 is 4.89. The van der Waals surface area contributed by atoms with E-state index in [0.29, 0.717) is 19.3 Å². The normalized spacial score (nSPS) is 21.4. The number of amides is 2. The van der Waals surface area contributed by atoms with Crippen LogP contribution in [0.4, 0.5) is 0 Å². The van der Waals surface area contributed by atoms with Gasteiger partial charge in [0.25, 0.3) is 5.91 Å². The maximum absolute atomic E-state index is 11.6. The molecule has 0 unspecified atom stereocenters. The van der Waals surface area contributed by atoms with Gasteiger partial charge in [0.05, 0.1) is 18.7 Å². The number of furan rings is 1. The van der Waals surface area contributed by atoms with Crippen molar-refractivity contribution in [3.05, 3.63) is 24.2 Å². The van der Waals surface area contributed by atoms with Crippen LogP contribution < -0.4 is 10.6 Å². The Morgan fingerprint density at radius 3 is 2.75 bits per heavy atom. The van der Waals surface area contributed by atoms with E-state index in [1.54, 1.807) is 6.07 Å². The zero-order chi connectivity index (χ0) is 14.5. The lowest BCUT2D eigenvalue weighted by molar-refractivity contribution is -0.141. The molecule has 7 nitrogen and oxygen atoms in total. The molecule has 1 aliphatic carbocycles. The summed E-state index contributed by atoms with van der Waals surface area (Å²) in [6, 6.07) is 2.95. The van der Waals surface area contributed by atoms with Crippen molar-refractivity contribution in [2.75, 3.05) is 6.54 Å². The lowest BCUT2D eigenvalue weighted by Gasteiger charge is -2.12. The van der Waals surface area contributed by atoms with Gasteiger partial charge in [0.2, 0.25) is 5.91 Å². The van der Waals surface area contributed by atoms with E-state index in [-0.39, 0.29) is 24.3 Å². The topological polar surface area (TPSA) is 109 Å². The molecule has 7 heteroatoms. The minimum absolute atomic E-state index is 0.135. The third-order valence-corrected chi connectivity index (χ3v) is 3.30. The van der Waals surface area contributed by atoms with Gasteiger partial charge in [0.1, 0.15) is 0 Å². The van der Waals surface area contributed by atoms with Crippen molar-refractivity contribution in [3.63, 3.8) is 0 Å². The van der Waals surface area contributed by atoms with Gasteiger partial charge in [-0.05, 0) is 31.4 Å². The standard InChI is InChI=1S/C13H16N2O5/c16-11(7-14-12(17)10-2-1-5-20-10)15-9-4-3-8(6-9)13(18)19/h1-2,5,8-9H,3-4,6-7H2,(H,14,17)(H,15,16)(H,18,19)/t8-,9+/m1/s1. The average Bonchev–Trinajstić information content (AvgIpc) is 3.06. The summed E-state index contributed by atoms with van der Waals surface area (Å²) in [6.07, 6.45) is 3.03. The average molecular weight is 280 g/mol. The van der Waals surface area contributed by atoms with Crippen molar-refractivity contribution < 1.29 is 23.9 Å². The molecule has 0 spiro atoms. The Hall–Kier alpha value is -2.31. The molecule has 1 aliphatic rings. The van der Waals surface area contributed by atoms with Crippen molar-refractivity contribution in [1.82, 2.24) is 10.6 Å². The summed E-state index contributed by atoms with van der Waals surface area (Å²) in [5.41, 5.74) is 0. The molecule has 1 fully saturated rings. The van der Waals surface area contributed by atoms with Crippen LogP contribution in [0.1, 0.15) is 29.8 Å². The van der Waals surface area contributed by atoms with Crippen LogP contribution in [0.5, 0.6) is 0 Å². The minimum atomic E-state index is -0.826. The van der Waals surface area contributed by atoms with Gasteiger partial charge in [-0.2, -0.15) is 0 Å². The Labute approximate surface area is 115 Å². The number of carboxylic acid groups (broad SMARTS) is 1. The van der Waals surface area contributed by atoms with Crippen molar-refractivity contribution in [1.29, 1.82) is 0 Å². The molecule has 3 N–H and O–H groups in total. The van der Waals surface area contributed by atoms with Crippen molar-refractivity contribution in [2.24, 2.45) is 5.92 Å². The molecule has 1 saturated carbocycles. The fraction of sp³-hybridized carbons (Fsp3) is 0.462. The predicted octanol–water partition coefficient (Wildman–Crippen LogP) is 0.379. The molecular formula is C13H16N2O5. The van der Waals surface area contributed by atoms with E-state index in [9.17, 15) is 14.4 Å². The highest BCUT2D eigenvalue weighted by Gasteiger charge is 2.30. The van der Waals surface area contributed by atoms with Crippen molar-refractivity contribution in [3.8, 4) is 0 Å². The smallest absolute Gasteiger partial charge is 0.306 e. The van der Waals surface area contributed by atoms with Crippen LogP contribution in [0.3, 0.4) is 0 Å². The Morgan fingerprint density at radius 2 is 2.15 bits per heavy atom. The molecule has 2 atom stereocenters. The third-order valence-electron chi connectivity index (χ3n) is 3.30. The number of hydrogen-bond acceptors (Lipinski definition) is 4. The molecule has 0 saturated heterocycles. The quantitative estimate of drug-likeness (QED) is 0.722. The lowest BCUT2D eigenvalue weighted by atomic mass is 10.1. The number of rotatable bonds is 5. The lowest BCUT2D eigenvalue weighted by Crippen LogP contribution is -2.41.